The zero-order valence-corrected chi connectivity index (χ0v) is 8.70. The van der Waals surface area contributed by atoms with E-state index in [9.17, 15) is 0 Å². The van der Waals surface area contributed by atoms with E-state index in [2.05, 4.69) is 20.2 Å². The van der Waals surface area contributed by atoms with Crippen LogP contribution in [0.5, 0.6) is 0 Å². The summed E-state index contributed by atoms with van der Waals surface area (Å²) in [6.07, 6.45) is 4.75. The zero-order chi connectivity index (χ0) is 9.97. The van der Waals surface area contributed by atoms with E-state index in [1.165, 1.54) is 12.0 Å². The van der Waals surface area contributed by atoms with E-state index in [-0.39, 0.29) is 0 Å². The van der Waals surface area contributed by atoms with Crippen molar-refractivity contribution < 1.29 is 0 Å². The lowest BCUT2D eigenvalue weighted by atomic mass is 10.0. The highest BCUT2D eigenvalue weighted by Gasteiger charge is 2.21. The molecule has 2 heterocycles. The molecule has 1 aliphatic rings. The normalized spacial score (nSPS) is 21.1. The van der Waals surface area contributed by atoms with Crippen molar-refractivity contribution in [1.29, 1.82) is 0 Å². The van der Waals surface area contributed by atoms with Crippen LogP contribution in [-0.4, -0.2) is 37.2 Å². The van der Waals surface area contributed by atoms with Crippen LogP contribution in [0.2, 0.25) is 0 Å². The molecule has 0 amide bonds. The van der Waals surface area contributed by atoms with Gasteiger partial charge in [-0.25, -0.2) is 9.97 Å². The van der Waals surface area contributed by atoms with E-state index in [4.69, 9.17) is 0 Å². The van der Waals surface area contributed by atoms with Crippen LogP contribution < -0.4 is 10.2 Å². The molecule has 4 heteroatoms. The van der Waals surface area contributed by atoms with Gasteiger partial charge in [0.2, 0.25) is 0 Å². The molecule has 1 unspecified atom stereocenters. The van der Waals surface area contributed by atoms with Crippen LogP contribution in [-0.2, 0) is 0 Å². The highest BCUT2D eigenvalue weighted by Crippen LogP contribution is 2.27. The third-order valence-corrected chi connectivity index (χ3v) is 2.64. The molecule has 0 bridgehead atoms. The molecule has 1 aromatic heterocycles. The van der Waals surface area contributed by atoms with Crippen molar-refractivity contribution in [3.63, 3.8) is 0 Å². The number of anilines is 1. The van der Waals surface area contributed by atoms with Crippen LogP contribution in [0.25, 0.3) is 0 Å². The molecular weight excluding hydrogens is 176 g/mol. The third-order valence-electron chi connectivity index (χ3n) is 2.64. The Morgan fingerprint density at radius 2 is 2.36 bits per heavy atom. The Balaban J connectivity index is 2.30. The van der Waals surface area contributed by atoms with Gasteiger partial charge in [0.05, 0.1) is 0 Å². The highest BCUT2D eigenvalue weighted by molar-refractivity contribution is 5.46. The fourth-order valence-corrected chi connectivity index (χ4v) is 1.92. The standard InChI is InChI=1S/C10H16N4/c1-14(2)10-9(6-12-7-13-10)8-3-4-11-5-8/h6-8,11H,3-5H2,1-2H3. The fraction of sp³-hybridized carbons (Fsp3) is 0.600. The Morgan fingerprint density at radius 1 is 1.50 bits per heavy atom. The molecule has 0 aliphatic carbocycles. The lowest BCUT2D eigenvalue weighted by Gasteiger charge is -2.18. The molecule has 4 nitrogen and oxygen atoms in total. The number of nitrogens with one attached hydrogen (secondary N) is 1. The Bertz CT molecular complexity index is 305. The molecule has 1 atom stereocenters. The zero-order valence-electron chi connectivity index (χ0n) is 8.70. The van der Waals surface area contributed by atoms with E-state index >= 15 is 0 Å². The van der Waals surface area contributed by atoms with Crippen LogP contribution in [0.3, 0.4) is 0 Å². The maximum atomic E-state index is 4.31. The van der Waals surface area contributed by atoms with E-state index in [0.717, 1.165) is 18.9 Å². The summed E-state index contributed by atoms with van der Waals surface area (Å²) in [5, 5.41) is 3.36. The largest absolute Gasteiger partial charge is 0.362 e. The summed E-state index contributed by atoms with van der Waals surface area (Å²) in [7, 11) is 4.04. The van der Waals surface area contributed by atoms with Crippen LogP contribution in [0.1, 0.15) is 17.9 Å². The maximum Gasteiger partial charge on any atom is 0.134 e. The molecule has 2 rings (SSSR count). The lowest BCUT2D eigenvalue weighted by Crippen LogP contribution is -2.16. The van der Waals surface area contributed by atoms with Crippen molar-refractivity contribution in [2.45, 2.75) is 12.3 Å². The molecule has 0 radical (unpaired) electrons. The molecule has 76 valence electrons. The lowest BCUT2D eigenvalue weighted by molar-refractivity contribution is 0.748. The Morgan fingerprint density at radius 3 is 3.00 bits per heavy atom. The minimum atomic E-state index is 0.577. The van der Waals surface area contributed by atoms with E-state index in [0.29, 0.717) is 5.92 Å². The van der Waals surface area contributed by atoms with Gasteiger partial charge in [-0.2, -0.15) is 0 Å². The van der Waals surface area contributed by atoms with Gasteiger partial charge in [0.25, 0.3) is 0 Å². The van der Waals surface area contributed by atoms with Crippen LogP contribution >= 0.6 is 0 Å². The fourth-order valence-electron chi connectivity index (χ4n) is 1.92. The number of nitrogens with zero attached hydrogens (tertiary/aromatic N) is 3. The summed E-state index contributed by atoms with van der Waals surface area (Å²) in [6.45, 7) is 2.15. The van der Waals surface area contributed by atoms with Crippen molar-refractivity contribution in [2.75, 3.05) is 32.1 Å². The molecule has 1 saturated heterocycles. The molecule has 1 N–H and O–H groups in total. The Hall–Kier alpha value is -1.16. The monoisotopic (exact) mass is 192 g/mol. The summed E-state index contributed by atoms with van der Waals surface area (Å²) < 4.78 is 0. The molecule has 14 heavy (non-hydrogen) atoms. The van der Waals surface area contributed by atoms with Crippen LogP contribution in [0.15, 0.2) is 12.5 Å². The first kappa shape index (κ1) is 9.40. The summed E-state index contributed by atoms with van der Waals surface area (Å²) in [5.41, 5.74) is 1.27. The molecule has 0 spiro atoms. The second-order valence-electron chi connectivity index (χ2n) is 3.89. The molecule has 1 aliphatic heterocycles. The van der Waals surface area contributed by atoms with Gasteiger partial charge in [-0.3, -0.25) is 0 Å². The average Bonchev–Trinajstić information content (AvgIpc) is 2.70. The van der Waals surface area contributed by atoms with Crippen molar-refractivity contribution in [1.82, 2.24) is 15.3 Å². The molecule has 0 aromatic carbocycles. The van der Waals surface area contributed by atoms with Crippen molar-refractivity contribution in [2.24, 2.45) is 0 Å². The quantitative estimate of drug-likeness (QED) is 0.745. The highest BCUT2D eigenvalue weighted by atomic mass is 15.1. The molecule has 1 fully saturated rings. The molecule has 0 saturated carbocycles. The van der Waals surface area contributed by atoms with Crippen molar-refractivity contribution in [3.05, 3.63) is 18.1 Å². The molecular formula is C10H16N4. The topological polar surface area (TPSA) is 41.1 Å². The second kappa shape index (κ2) is 3.92. The first-order chi connectivity index (χ1) is 6.79. The van der Waals surface area contributed by atoms with Gasteiger partial charge in [-0.05, 0) is 13.0 Å². The smallest absolute Gasteiger partial charge is 0.134 e. The first-order valence-electron chi connectivity index (χ1n) is 4.97. The SMILES string of the molecule is CN(C)c1ncncc1C1CCNC1. The van der Waals surface area contributed by atoms with Gasteiger partial charge < -0.3 is 10.2 Å². The van der Waals surface area contributed by atoms with Crippen molar-refractivity contribution in [3.8, 4) is 0 Å². The summed E-state index contributed by atoms with van der Waals surface area (Å²) >= 11 is 0. The second-order valence-corrected chi connectivity index (χ2v) is 3.89. The van der Waals surface area contributed by atoms with Gasteiger partial charge in [0.1, 0.15) is 12.1 Å². The van der Waals surface area contributed by atoms with E-state index in [1.807, 2.05) is 20.3 Å². The van der Waals surface area contributed by atoms with Gasteiger partial charge in [0.15, 0.2) is 0 Å². The van der Waals surface area contributed by atoms with Gasteiger partial charge >= 0.3 is 0 Å². The summed E-state index contributed by atoms with van der Waals surface area (Å²) in [5.74, 6) is 1.63. The van der Waals surface area contributed by atoms with E-state index < -0.39 is 0 Å². The van der Waals surface area contributed by atoms with Gasteiger partial charge in [-0.1, -0.05) is 0 Å². The average molecular weight is 192 g/mol. The minimum absolute atomic E-state index is 0.577. The summed E-state index contributed by atoms with van der Waals surface area (Å²) in [6, 6.07) is 0. The predicted molar refractivity (Wildman–Crippen MR) is 56.6 cm³/mol. The van der Waals surface area contributed by atoms with Gasteiger partial charge in [-0.15, -0.1) is 0 Å². The number of hydrogen-bond donors (Lipinski definition) is 1. The first-order valence-corrected chi connectivity index (χ1v) is 4.97. The number of hydrogen-bond acceptors (Lipinski definition) is 4. The summed E-state index contributed by atoms with van der Waals surface area (Å²) in [4.78, 5) is 10.5. The van der Waals surface area contributed by atoms with Crippen molar-refractivity contribution >= 4 is 5.82 Å². The molecule has 1 aromatic rings. The van der Waals surface area contributed by atoms with Crippen LogP contribution in [0, 0.1) is 0 Å². The minimum Gasteiger partial charge on any atom is -0.362 e. The number of aromatic nitrogens is 2. The van der Waals surface area contributed by atoms with Gasteiger partial charge in [0, 0.05) is 38.3 Å². The van der Waals surface area contributed by atoms with Crippen LogP contribution in [0.4, 0.5) is 5.82 Å². The Labute approximate surface area is 84.4 Å². The third kappa shape index (κ3) is 1.70. The van der Waals surface area contributed by atoms with E-state index in [1.54, 1.807) is 6.33 Å². The number of rotatable bonds is 2. The maximum absolute atomic E-state index is 4.31. The predicted octanol–water partition coefficient (Wildman–Crippen LogP) is 0.619. The Kier molecular flexibility index (Phi) is 2.63.